The largest absolute Gasteiger partial charge is 0.480 e. The number of nitrogens with zero attached hydrogens (tertiary/aromatic N) is 4. The minimum atomic E-state index is -0.990. The van der Waals surface area contributed by atoms with E-state index < -0.39 is 5.60 Å². The van der Waals surface area contributed by atoms with Gasteiger partial charge in [-0.1, -0.05) is 6.07 Å². The Labute approximate surface area is 153 Å². The summed E-state index contributed by atoms with van der Waals surface area (Å²) in [5, 5.41) is 11.1. The van der Waals surface area contributed by atoms with Crippen molar-refractivity contribution in [3.8, 4) is 5.88 Å². The quantitative estimate of drug-likeness (QED) is 0.876. The number of rotatable bonds is 5. The summed E-state index contributed by atoms with van der Waals surface area (Å²) in [4.78, 5) is 24.8. The lowest BCUT2D eigenvalue weighted by atomic mass is 9.92. The average Bonchev–Trinajstić information content (AvgIpc) is 2.67. The monoisotopic (exact) mass is 356 g/mol. The molecule has 0 unspecified atom stereocenters. The number of aliphatic hydroxyl groups is 1. The van der Waals surface area contributed by atoms with Gasteiger partial charge >= 0.3 is 0 Å². The molecule has 7 heteroatoms. The van der Waals surface area contributed by atoms with Crippen LogP contribution < -0.4 is 9.64 Å². The summed E-state index contributed by atoms with van der Waals surface area (Å²) in [6.45, 7) is 1.51. The van der Waals surface area contributed by atoms with Gasteiger partial charge in [0, 0.05) is 32.5 Å². The number of amides is 1. The Kier molecular flexibility index (Phi) is 5.37. The van der Waals surface area contributed by atoms with Crippen molar-refractivity contribution in [2.24, 2.45) is 0 Å². The number of anilines is 1. The highest BCUT2D eigenvalue weighted by Gasteiger charge is 2.36. The van der Waals surface area contributed by atoms with Gasteiger partial charge in [-0.3, -0.25) is 4.79 Å². The lowest BCUT2D eigenvalue weighted by Gasteiger charge is -2.41. The number of ether oxygens (including phenoxy) is 1. The van der Waals surface area contributed by atoms with Gasteiger partial charge in [-0.05, 0) is 37.1 Å². The van der Waals surface area contributed by atoms with Crippen LogP contribution in [0.2, 0.25) is 0 Å². The minimum Gasteiger partial charge on any atom is -0.480 e. The van der Waals surface area contributed by atoms with E-state index in [1.165, 1.54) is 12.0 Å². The molecule has 1 amide bonds. The number of carbonyl (C=O) groups is 1. The molecule has 0 saturated carbocycles. The lowest BCUT2D eigenvalue weighted by Crippen LogP contribution is -2.54. The third-order valence-electron chi connectivity index (χ3n) is 4.60. The fourth-order valence-electron chi connectivity index (χ4n) is 3.41. The molecule has 26 heavy (non-hydrogen) atoms. The molecule has 7 nitrogen and oxygen atoms in total. The van der Waals surface area contributed by atoms with Crippen molar-refractivity contribution in [3.63, 3.8) is 0 Å². The third kappa shape index (κ3) is 3.94. The van der Waals surface area contributed by atoms with E-state index in [0.717, 1.165) is 18.8 Å². The van der Waals surface area contributed by atoms with E-state index in [1.54, 1.807) is 31.6 Å². The van der Waals surface area contributed by atoms with Crippen LogP contribution in [0.1, 0.15) is 23.2 Å². The highest BCUT2D eigenvalue weighted by atomic mass is 16.5. The first kappa shape index (κ1) is 18.1. The molecule has 1 N–H and O–H groups in total. The minimum absolute atomic E-state index is 0.224. The van der Waals surface area contributed by atoms with E-state index in [9.17, 15) is 9.90 Å². The van der Waals surface area contributed by atoms with Gasteiger partial charge in [0.25, 0.3) is 5.91 Å². The molecule has 0 bridgehead atoms. The standard InChI is InChI=1S/C19H24N4O3/c1-22(18(24)15-7-5-11-21-17(15)26-2)13-19(25)9-6-12-23(14-19)16-8-3-4-10-20-16/h3-5,7-8,10-11,25H,6,9,12-14H2,1-2H3/t19-/m0/s1. The summed E-state index contributed by atoms with van der Waals surface area (Å²) in [5.41, 5.74) is -0.603. The number of hydrogen-bond acceptors (Lipinski definition) is 6. The van der Waals surface area contributed by atoms with Crippen molar-refractivity contribution in [2.45, 2.75) is 18.4 Å². The number of β-amino-alcohol motifs (C(OH)–C–C–N with tert-alkyl or cyclic N) is 1. The van der Waals surface area contributed by atoms with Gasteiger partial charge in [0.2, 0.25) is 5.88 Å². The Morgan fingerprint density at radius 2 is 2.12 bits per heavy atom. The second-order valence-corrected chi connectivity index (χ2v) is 6.66. The van der Waals surface area contributed by atoms with E-state index in [2.05, 4.69) is 14.9 Å². The van der Waals surface area contributed by atoms with Crippen LogP contribution in [-0.4, -0.2) is 65.3 Å². The summed E-state index contributed by atoms with van der Waals surface area (Å²) < 4.78 is 5.17. The third-order valence-corrected chi connectivity index (χ3v) is 4.60. The zero-order valence-corrected chi connectivity index (χ0v) is 15.1. The van der Waals surface area contributed by atoms with Crippen molar-refractivity contribution in [3.05, 3.63) is 48.3 Å². The molecule has 138 valence electrons. The highest BCUT2D eigenvalue weighted by Crippen LogP contribution is 2.26. The summed E-state index contributed by atoms with van der Waals surface area (Å²) in [7, 11) is 3.17. The SMILES string of the molecule is COc1ncccc1C(=O)N(C)C[C@@]1(O)CCCN(c2ccccn2)C1. The average molecular weight is 356 g/mol. The topological polar surface area (TPSA) is 78.8 Å². The predicted octanol–water partition coefficient (Wildman–Crippen LogP) is 1.59. The van der Waals surface area contributed by atoms with Crippen molar-refractivity contribution in [2.75, 3.05) is 38.7 Å². The van der Waals surface area contributed by atoms with Crippen LogP contribution in [0.3, 0.4) is 0 Å². The molecule has 2 aromatic rings. The van der Waals surface area contributed by atoms with Gasteiger partial charge in [0.15, 0.2) is 0 Å². The van der Waals surface area contributed by atoms with Gasteiger partial charge in [-0.15, -0.1) is 0 Å². The van der Waals surface area contributed by atoms with Crippen LogP contribution in [0.4, 0.5) is 5.82 Å². The van der Waals surface area contributed by atoms with Crippen LogP contribution in [-0.2, 0) is 0 Å². The molecule has 1 fully saturated rings. The van der Waals surface area contributed by atoms with Crippen molar-refractivity contribution in [1.29, 1.82) is 0 Å². The van der Waals surface area contributed by atoms with E-state index in [-0.39, 0.29) is 18.3 Å². The van der Waals surface area contributed by atoms with Crippen LogP contribution in [0.25, 0.3) is 0 Å². The first-order valence-corrected chi connectivity index (χ1v) is 8.65. The van der Waals surface area contributed by atoms with Crippen molar-refractivity contribution in [1.82, 2.24) is 14.9 Å². The maximum absolute atomic E-state index is 12.8. The number of aromatic nitrogens is 2. The summed E-state index contributed by atoms with van der Waals surface area (Å²) in [6.07, 6.45) is 4.80. The molecule has 1 aliphatic rings. The number of methoxy groups -OCH3 is 1. The summed E-state index contributed by atoms with van der Waals surface area (Å²) in [5.74, 6) is 0.905. The van der Waals surface area contributed by atoms with Crippen LogP contribution in [0, 0.1) is 0 Å². The molecule has 2 aromatic heterocycles. The van der Waals surface area contributed by atoms with E-state index in [0.29, 0.717) is 18.5 Å². The molecule has 0 aliphatic carbocycles. The number of carbonyl (C=O) groups excluding carboxylic acids is 1. The first-order valence-electron chi connectivity index (χ1n) is 8.65. The van der Waals surface area contributed by atoms with Gasteiger partial charge < -0.3 is 19.6 Å². The molecular weight excluding hydrogens is 332 g/mol. The van der Waals surface area contributed by atoms with Gasteiger partial charge in [0.05, 0.1) is 19.3 Å². The normalized spacial score (nSPS) is 19.9. The fourth-order valence-corrected chi connectivity index (χ4v) is 3.41. The molecule has 3 rings (SSSR count). The number of pyridine rings is 2. The molecule has 0 aromatic carbocycles. The molecule has 0 radical (unpaired) electrons. The summed E-state index contributed by atoms with van der Waals surface area (Å²) >= 11 is 0. The second kappa shape index (κ2) is 7.70. The van der Waals surface area contributed by atoms with E-state index >= 15 is 0 Å². The Bertz CT molecular complexity index is 755. The van der Waals surface area contributed by atoms with Crippen LogP contribution in [0.15, 0.2) is 42.7 Å². The predicted molar refractivity (Wildman–Crippen MR) is 98.4 cm³/mol. The van der Waals surface area contributed by atoms with E-state index in [1.807, 2.05) is 18.2 Å². The second-order valence-electron chi connectivity index (χ2n) is 6.66. The van der Waals surface area contributed by atoms with Crippen LogP contribution in [0.5, 0.6) is 5.88 Å². The molecule has 1 atom stereocenters. The molecular formula is C19H24N4O3. The number of hydrogen-bond donors (Lipinski definition) is 1. The molecule has 0 spiro atoms. The zero-order chi connectivity index (χ0) is 18.6. The highest BCUT2D eigenvalue weighted by molar-refractivity contribution is 5.96. The number of piperidine rings is 1. The first-order chi connectivity index (χ1) is 12.5. The summed E-state index contributed by atoms with van der Waals surface area (Å²) in [6, 6.07) is 9.10. The molecule has 3 heterocycles. The molecule has 1 aliphatic heterocycles. The fraction of sp³-hybridized carbons (Fsp3) is 0.421. The Morgan fingerprint density at radius 1 is 1.31 bits per heavy atom. The maximum atomic E-state index is 12.8. The van der Waals surface area contributed by atoms with Gasteiger partial charge in [0.1, 0.15) is 11.4 Å². The lowest BCUT2D eigenvalue weighted by molar-refractivity contribution is -0.000229. The maximum Gasteiger partial charge on any atom is 0.259 e. The van der Waals surface area contributed by atoms with Gasteiger partial charge in [-0.25, -0.2) is 9.97 Å². The Morgan fingerprint density at radius 3 is 2.85 bits per heavy atom. The van der Waals surface area contributed by atoms with Crippen molar-refractivity contribution < 1.29 is 14.6 Å². The van der Waals surface area contributed by atoms with Gasteiger partial charge in [-0.2, -0.15) is 0 Å². The van der Waals surface area contributed by atoms with E-state index in [4.69, 9.17) is 4.74 Å². The smallest absolute Gasteiger partial charge is 0.259 e. The molecule has 1 saturated heterocycles. The van der Waals surface area contributed by atoms with Crippen LogP contribution >= 0.6 is 0 Å². The zero-order valence-electron chi connectivity index (χ0n) is 15.1. The Balaban J connectivity index is 1.71. The Hall–Kier alpha value is -2.67. The number of likely N-dealkylation sites (N-methyl/N-ethyl adjacent to an activating group) is 1. The van der Waals surface area contributed by atoms with Crippen molar-refractivity contribution >= 4 is 11.7 Å².